The second-order valence-electron chi connectivity index (χ2n) is 9.68. The van der Waals surface area contributed by atoms with E-state index in [-0.39, 0.29) is 17.7 Å². The third kappa shape index (κ3) is 5.46. The molecule has 0 atom stereocenters. The Labute approximate surface area is 186 Å². The predicted octanol–water partition coefficient (Wildman–Crippen LogP) is 4.95. The fourth-order valence-electron chi connectivity index (χ4n) is 3.71. The molecule has 0 spiro atoms. The number of benzene rings is 2. The maximum absolute atomic E-state index is 13.0. The summed E-state index contributed by atoms with van der Waals surface area (Å²) in [5, 5.41) is 0. The molecular formula is C26H34N2O3. The summed E-state index contributed by atoms with van der Waals surface area (Å²) in [6.07, 6.45) is 0. The van der Waals surface area contributed by atoms with E-state index in [0.717, 1.165) is 28.1 Å². The van der Waals surface area contributed by atoms with Gasteiger partial charge in [0, 0.05) is 29.1 Å². The molecule has 1 aliphatic heterocycles. The van der Waals surface area contributed by atoms with Gasteiger partial charge >= 0.3 is 0 Å². The second-order valence-corrected chi connectivity index (χ2v) is 9.68. The fourth-order valence-corrected chi connectivity index (χ4v) is 3.71. The highest BCUT2D eigenvalue weighted by Crippen LogP contribution is 2.29. The van der Waals surface area contributed by atoms with Gasteiger partial charge in [0.25, 0.3) is 0 Å². The number of hydrogen-bond acceptors (Lipinski definition) is 3. The quantitative estimate of drug-likeness (QED) is 0.700. The van der Waals surface area contributed by atoms with Crippen molar-refractivity contribution in [3.8, 4) is 5.75 Å². The minimum Gasteiger partial charge on any atom is -0.491 e. The van der Waals surface area contributed by atoms with Crippen molar-refractivity contribution in [2.75, 3.05) is 18.1 Å². The summed E-state index contributed by atoms with van der Waals surface area (Å²) in [7, 11) is 0. The topological polar surface area (TPSA) is 49.9 Å². The Morgan fingerprint density at radius 1 is 1.10 bits per heavy atom. The van der Waals surface area contributed by atoms with Gasteiger partial charge in [-0.2, -0.15) is 0 Å². The highest BCUT2D eigenvalue weighted by molar-refractivity contribution is 5.94. The number of fused-ring (bicyclic) bond motifs is 1. The molecule has 2 amide bonds. The predicted molar refractivity (Wildman–Crippen MR) is 124 cm³/mol. The van der Waals surface area contributed by atoms with Crippen molar-refractivity contribution in [1.82, 2.24) is 4.90 Å². The lowest BCUT2D eigenvalue weighted by atomic mass is 9.94. The maximum atomic E-state index is 13.0. The first-order valence-corrected chi connectivity index (χ1v) is 11.0. The van der Waals surface area contributed by atoms with Crippen LogP contribution in [0.1, 0.15) is 51.3 Å². The van der Waals surface area contributed by atoms with E-state index in [0.29, 0.717) is 26.2 Å². The van der Waals surface area contributed by atoms with Crippen molar-refractivity contribution in [1.29, 1.82) is 0 Å². The largest absolute Gasteiger partial charge is 0.491 e. The molecule has 1 heterocycles. The van der Waals surface area contributed by atoms with E-state index in [9.17, 15) is 9.59 Å². The Morgan fingerprint density at radius 2 is 1.77 bits per heavy atom. The lowest BCUT2D eigenvalue weighted by molar-refractivity contribution is -0.140. The van der Waals surface area contributed by atoms with Crippen LogP contribution in [0, 0.1) is 18.3 Å². The summed E-state index contributed by atoms with van der Waals surface area (Å²) in [5.41, 5.74) is 3.61. The number of carbonyl (C=O) groups excluding carboxylic acids is 2. The van der Waals surface area contributed by atoms with Crippen LogP contribution in [0.5, 0.6) is 5.75 Å². The van der Waals surface area contributed by atoms with Gasteiger partial charge in [-0.25, -0.2) is 0 Å². The zero-order valence-electron chi connectivity index (χ0n) is 19.6. The fraction of sp³-hybridized carbons (Fsp3) is 0.462. The van der Waals surface area contributed by atoms with Crippen molar-refractivity contribution in [3.63, 3.8) is 0 Å². The Bertz CT molecular complexity index is 942. The highest BCUT2D eigenvalue weighted by atomic mass is 16.5. The van der Waals surface area contributed by atoms with Crippen LogP contribution < -0.4 is 9.64 Å². The number of carbonyl (C=O) groups is 2. The third-order valence-corrected chi connectivity index (χ3v) is 5.48. The standard InChI is InChI=1S/C26H34N2O3/c1-18(2)24(29)28(22-10-7-19(3)8-11-22)16-20-9-12-23-21(15-20)17-27(13-14-31-23)25(30)26(4,5)6/h7-12,15,18H,13-14,16-17H2,1-6H3. The lowest BCUT2D eigenvalue weighted by Gasteiger charge is -2.28. The van der Waals surface area contributed by atoms with Crippen LogP contribution in [0.2, 0.25) is 0 Å². The molecule has 0 unspecified atom stereocenters. The minimum atomic E-state index is -0.436. The smallest absolute Gasteiger partial charge is 0.229 e. The van der Waals surface area contributed by atoms with Crippen LogP contribution in [0.4, 0.5) is 5.69 Å². The van der Waals surface area contributed by atoms with Gasteiger partial charge < -0.3 is 14.5 Å². The molecule has 3 rings (SSSR count). The Balaban J connectivity index is 1.89. The first-order valence-electron chi connectivity index (χ1n) is 11.0. The molecular weight excluding hydrogens is 388 g/mol. The van der Waals surface area contributed by atoms with Gasteiger partial charge in [0.1, 0.15) is 12.4 Å². The van der Waals surface area contributed by atoms with Crippen molar-refractivity contribution in [2.24, 2.45) is 11.3 Å². The van der Waals surface area contributed by atoms with Gasteiger partial charge in [-0.1, -0.05) is 58.4 Å². The Kier molecular flexibility index (Phi) is 6.73. The average molecular weight is 423 g/mol. The Morgan fingerprint density at radius 3 is 2.39 bits per heavy atom. The van der Waals surface area contributed by atoms with Crippen molar-refractivity contribution < 1.29 is 14.3 Å². The first-order chi connectivity index (χ1) is 14.6. The monoisotopic (exact) mass is 422 g/mol. The molecule has 166 valence electrons. The second kappa shape index (κ2) is 9.13. The van der Waals surface area contributed by atoms with E-state index in [2.05, 4.69) is 6.07 Å². The van der Waals surface area contributed by atoms with Gasteiger partial charge in [-0.05, 0) is 36.8 Å². The molecule has 0 aromatic heterocycles. The molecule has 0 aliphatic carbocycles. The number of ether oxygens (including phenoxy) is 1. The summed E-state index contributed by atoms with van der Waals surface area (Å²) in [6, 6.07) is 14.1. The van der Waals surface area contributed by atoms with E-state index in [1.807, 2.05) is 87.7 Å². The van der Waals surface area contributed by atoms with E-state index in [4.69, 9.17) is 4.74 Å². The molecule has 5 heteroatoms. The number of rotatable bonds is 4. The van der Waals surface area contributed by atoms with Crippen molar-refractivity contribution in [3.05, 3.63) is 59.2 Å². The van der Waals surface area contributed by atoms with Crippen LogP contribution in [0.25, 0.3) is 0 Å². The number of aryl methyl sites for hydroxylation is 1. The third-order valence-electron chi connectivity index (χ3n) is 5.48. The summed E-state index contributed by atoms with van der Waals surface area (Å²) in [4.78, 5) is 29.5. The van der Waals surface area contributed by atoms with E-state index in [1.54, 1.807) is 0 Å². The Hall–Kier alpha value is -2.82. The molecule has 31 heavy (non-hydrogen) atoms. The first kappa shape index (κ1) is 22.9. The number of anilines is 1. The molecule has 0 fully saturated rings. The molecule has 1 aliphatic rings. The van der Waals surface area contributed by atoms with E-state index in [1.165, 1.54) is 0 Å². The molecule has 0 saturated heterocycles. The highest BCUT2D eigenvalue weighted by Gasteiger charge is 2.29. The molecule has 2 aromatic carbocycles. The summed E-state index contributed by atoms with van der Waals surface area (Å²) >= 11 is 0. The molecule has 0 N–H and O–H groups in total. The number of nitrogens with zero attached hydrogens (tertiary/aromatic N) is 2. The van der Waals surface area contributed by atoms with Crippen LogP contribution in [0.15, 0.2) is 42.5 Å². The zero-order chi connectivity index (χ0) is 22.8. The van der Waals surface area contributed by atoms with Gasteiger partial charge in [0.05, 0.1) is 13.1 Å². The summed E-state index contributed by atoms with van der Waals surface area (Å²) in [5.74, 6) is 0.903. The lowest BCUT2D eigenvalue weighted by Crippen LogP contribution is -2.40. The van der Waals surface area contributed by atoms with Crippen LogP contribution >= 0.6 is 0 Å². The number of amides is 2. The van der Waals surface area contributed by atoms with E-state index < -0.39 is 5.41 Å². The van der Waals surface area contributed by atoms with Crippen molar-refractivity contribution >= 4 is 17.5 Å². The van der Waals surface area contributed by atoms with Crippen molar-refractivity contribution in [2.45, 2.75) is 54.6 Å². The van der Waals surface area contributed by atoms with Gasteiger partial charge in [-0.3, -0.25) is 9.59 Å². The number of hydrogen-bond donors (Lipinski definition) is 0. The minimum absolute atomic E-state index is 0.0829. The normalized spacial score (nSPS) is 14.0. The molecule has 5 nitrogen and oxygen atoms in total. The molecule has 0 saturated carbocycles. The SMILES string of the molecule is Cc1ccc(N(Cc2ccc3c(c2)CN(C(=O)C(C)(C)C)CCO3)C(=O)C(C)C)cc1. The van der Waals surface area contributed by atoms with Gasteiger partial charge in [-0.15, -0.1) is 0 Å². The summed E-state index contributed by atoms with van der Waals surface area (Å²) in [6.45, 7) is 13.7. The molecule has 0 bridgehead atoms. The van der Waals surface area contributed by atoms with Crippen LogP contribution in [-0.4, -0.2) is 29.9 Å². The van der Waals surface area contributed by atoms with Crippen LogP contribution in [0.3, 0.4) is 0 Å². The zero-order valence-corrected chi connectivity index (χ0v) is 19.6. The van der Waals surface area contributed by atoms with Gasteiger partial charge in [0.2, 0.25) is 11.8 Å². The van der Waals surface area contributed by atoms with E-state index >= 15 is 0 Å². The van der Waals surface area contributed by atoms with Crippen LogP contribution in [-0.2, 0) is 22.7 Å². The molecule has 0 radical (unpaired) electrons. The summed E-state index contributed by atoms with van der Waals surface area (Å²) < 4.78 is 5.91. The molecule has 2 aromatic rings. The van der Waals surface area contributed by atoms with Gasteiger partial charge in [0.15, 0.2) is 0 Å². The maximum Gasteiger partial charge on any atom is 0.229 e. The average Bonchev–Trinajstić information content (AvgIpc) is 2.92.